The van der Waals surface area contributed by atoms with Gasteiger partial charge in [0.2, 0.25) is 0 Å². The Morgan fingerprint density at radius 1 is 1.57 bits per heavy atom. The monoisotopic (exact) mass is 207 g/mol. The van der Waals surface area contributed by atoms with Crippen LogP contribution >= 0.6 is 11.3 Å². The van der Waals surface area contributed by atoms with Crippen LogP contribution in [-0.4, -0.2) is 6.04 Å². The molecule has 1 unspecified atom stereocenters. The molecule has 0 saturated carbocycles. The van der Waals surface area contributed by atoms with E-state index in [0.29, 0.717) is 0 Å². The summed E-state index contributed by atoms with van der Waals surface area (Å²) >= 11 is 1.82. The fraction of sp³-hybridized carbons (Fsp3) is 0.500. The lowest BCUT2D eigenvalue weighted by molar-refractivity contribution is 0.596. The lowest BCUT2D eigenvalue weighted by Gasteiger charge is -2.06. The van der Waals surface area contributed by atoms with Crippen molar-refractivity contribution < 1.29 is 0 Å². The van der Waals surface area contributed by atoms with Gasteiger partial charge in [0, 0.05) is 17.3 Å². The van der Waals surface area contributed by atoms with Gasteiger partial charge in [-0.05, 0) is 37.6 Å². The molecule has 1 nitrogen and oxygen atoms in total. The van der Waals surface area contributed by atoms with Crippen LogP contribution in [0.1, 0.15) is 31.1 Å². The summed E-state index contributed by atoms with van der Waals surface area (Å²) in [6.07, 6.45) is 4.24. The Balaban J connectivity index is 2.11. The molecule has 1 aromatic rings. The van der Waals surface area contributed by atoms with Crippen molar-refractivity contribution >= 4 is 11.3 Å². The molecular weight excluding hydrogens is 190 g/mol. The van der Waals surface area contributed by atoms with Crippen molar-refractivity contribution in [1.82, 2.24) is 0 Å². The van der Waals surface area contributed by atoms with Crippen molar-refractivity contribution in [3.8, 4) is 11.8 Å². The molecule has 0 saturated heterocycles. The van der Waals surface area contributed by atoms with Crippen LogP contribution in [-0.2, 0) is 6.42 Å². The maximum absolute atomic E-state index is 5.90. The van der Waals surface area contributed by atoms with Gasteiger partial charge >= 0.3 is 0 Å². The summed E-state index contributed by atoms with van der Waals surface area (Å²) in [4.78, 5) is 1.46. The minimum Gasteiger partial charge on any atom is -0.327 e. The lowest BCUT2D eigenvalue weighted by atomic mass is 10.1. The Kier molecular flexibility index (Phi) is 5.36. The van der Waals surface area contributed by atoms with E-state index >= 15 is 0 Å². The summed E-state index contributed by atoms with van der Waals surface area (Å²) in [6, 6.07) is 4.53. The van der Waals surface area contributed by atoms with Gasteiger partial charge in [0.05, 0.1) is 0 Å². The van der Waals surface area contributed by atoms with E-state index in [4.69, 9.17) is 5.73 Å². The molecule has 0 aliphatic heterocycles. The third-order valence-corrected chi connectivity index (χ3v) is 3.06. The molecule has 1 rings (SSSR count). The molecule has 14 heavy (non-hydrogen) atoms. The highest BCUT2D eigenvalue weighted by molar-refractivity contribution is 7.09. The van der Waals surface area contributed by atoms with Gasteiger partial charge in [-0.25, -0.2) is 0 Å². The van der Waals surface area contributed by atoms with Crippen LogP contribution in [0.5, 0.6) is 0 Å². The Bertz CT molecular complexity index is 292. The highest BCUT2D eigenvalue weighted by Crippen LogP contribution is 2.12. The second-order valence-corrected chi connectivity index (χ2v) is 4.39. The Hall–Kier alpha value is -0.780. The first-order chi connectivity index (χ1) is 6.83. The van der Waals surface area contributed by atoms with Gasteiger partial charge in [-0.2, -0.15) is 0 Å². The maximum atomic E-state index is 5.90. The second kappa shape index (κ2) is 6.64. The molecule has 0 aliphatic carbocycles. The van der Waals surface area contributed by atoms with Crippen molar-refractivity contribution in [3.63, 3.8) is 0 Å². The third kappa shape index (κ3) is 4.45. The molecule has 0 aromatic carbocycles. The van der Waals surface area contributed by atoms with Gasteiger partial charge in [0.1, 0.15) is 0 Å². The Labute approximate surface area is 90.3 Å². The van der Waals surface area contributed by atoms with Crippen LogP contribution in [0.2, 0.25) is 0 Å². The largest absolute Gasteiger partial charge is 0.327 e. The van der Waals surface area contributed by atoms with E-state index in [1.807, 2.05) is 18.3 Å². The number of rotatable bonds is 5. The average Bonchev–Trinajstić information content (AvgIpc) is 2.67. The van der Waals surface area contributed by atoms with Crippen LogP contribution in [0.15, 0.2) is 17.5 Å². The molecule has 1 heterocycles. The highest BCUT2D eigenvalue weighted by Gasteiger charge is 2.00. The maximum Gasteiger partial charge on any atom is 0.0241 e. The minimum absolute atomic E-state index is 0.252. The van der Waals surface area contributed by atoms with Crippen LogP contribution < -0.4 is 5.73 Å². The van der Waals surface area contributed by atoms with Crippen LogP contribution in [0.25, 0.3) is 0 Å². The molecule has 0 amide bonds. The van der Waals surface area contributed by atoms with Crippen LogP contribution in [0.4, 0.5) is 0 Å². The lowest BCUT2D eigenvalue weighted by Crippen LogP contribution is -2.18. The molecule has 0 aliphatic rings. The molecule has 0 spiro atoms. The fourth-order valence-electron chi connectivity index (χ4n) is 1.33. The fourth-order valence-corrected chi connectivity index (χ4v) is 2.08. The normalized spacial score (nSPS) is 11.9. The van der Waals surface area contributed by atoms with E-state index in [0.717, 1.165) is 19.3 Å². The first-order valence-electron chi connectivity index (χ1n) is 5.00. The molecular formula is C12H17NS. The number of aryl methyl sites for hydroxylation is 1. The predicted molar refractivity (Wildman–Crippen MR) is 63.3 cm³/mol. The quantitative estimate of drug-likeness (QED) is 0.738. The number of nitrogens with two attached hydrogens (primary N) is 1. The Morgan fingerprint density at radius 2 is 2.43 bits per heavy atom. The predicted octanol–water partition coefficient (Wildman–Crippen LogP) is 2.81. The summed E-state index contributed by atoms with van der Waals surface area (Å²) < 4.78 is 0. The topological polar surface area (TPSA) is 26.0 Å². The SMILES string of the molecule is CC#CCC(N)CCCc1cccs1. The van der Waals surface area contributed by atoms with E-state index in [2.05, 4.69) is 29.4 Å². The third-order valence-electron chi connectivity index (χ3n) is 2.12. The molecule has 0 fully saturated rings. The van der Waals surface area contributed by atoms with Gasteiger partial charge in [0.25, 0.3) is 0 Å². The molecule has 0 radical (unpaired) electrons. The summed E-state index contributed by atoms with van der Waals surface area (Å²) in [7, 11) is 0. The zero-order valence-electron chi connectivity index (χ0n) is 8.62. The van der Waals surface area contributed by atoms with Crippen molar-refractivity contribution in [3.05, 3.63) is 22.4 Å². The standard InChI is InChI=1S/C12H17NS/c1-2-3-6-11(13)7-4-8-12-9-5-10-14-12/h5,9-11H,4,6-8,13H2,1H3. The van der Waals surface area contributed by atoms with Gasteiger partial charge in [0.15, 0.2) is 0 Å². The summed E-state index contributed by atoms with van der Waals surface area (Å²) in [5.74, 6) is 5.89. The zero-order valence-corrected chi connectivity index (χ0v) is 9.44. The Morgan fingerprint density at radius 3 is 3.07 bits per heavy atom. The smallest absolute Gasteiger partial charge is 0.0241 e. The van der Waals surface area contributed by atoms with E-state index in [1.165, 1.54) is 11.3 Å². The first-order valence-corrected chi connectivity index (χ1v) is 5.88. The number of hydrogen-bond acceptors (Lipinski definition) is 2. The molecule has 2 heteroatoms. The van der Waals surface area contributed by atoms with E-state index < -0.39 is 0 Å². The van der Waals surface area contributed by atoms with E-state index in [-0.39, 0.29) is 6.04 Å². The molecule has 1 aromatic heterocycles. The van der Waals surface area contributed by atoms with Gasteiger partial charge in [-0.1, -0.05) is 6.07 Å². The van der Waals surface area contributed by atoms with Gasteiger partial charge in [-0.15, -0.1) is 23.2 Å². The van der Waals surface area contributed by atoms with Crippen LogP contribution in [0.3, 0.4) is 0 Å². The van der Waals surface area contributed by atoms with Crippen molar-refractivity contribution in [2.24, 2.45) is 5.73 Å². The molecule has 2 N–H and O–H groups in total. The van der Waals surface area contributed by atoms with Gasteiger partial charge in [-0.3, -0.25) is 0 Å². The van der Waals surface area contributed by atoms with Crippen molar-refractivity contribution in [2.45, 2.75) is 38.6 Å². The van der Waals surface area contributed by atoms with E-state index in [9.17, 15) is 0 Å². The van der Waals surface area contributed by atoms with Gasteiger partial charge < -0.3 is 5.73 Å². The summed E-state index contributed by atoms with van der Waals surface area (Å²) in [5.41, 5.74) is 5.90. The minimum atomic E-state index is 0.252. The van der Waals surface area contributed by atoms with Crippen molar-refractivity contribution in [1.29, 1.82) is 0 Å². The summed E-state index contributed by atoms with van der Waals surface area (Å²) in [6.45, 7) is 1.86. The summed E-state index contributed by atoms with van der Waals surface area (Å²) in [5, 5.41) is 2.12. The van der Waals surface area contributed by atoms with E-state index in [1.54, 1.807) is 0 Å². The average molecular weight is 207 g/mol. The van der Waals surface area contributed by atoms with Crippen molar-refractivity contribution in [2.75, 3.05) is 0 Å². The highest BCUT2D eigenvalue weighted by atomic mass is 32.1. The van der Waals surface area contributed by atoms with Crippen LogP contribution in [0, 0.1) is 11.8 Å². The number of hydrogen-bond donors (Lipinski definition) is 1. The second-order valence-electron chi connectivity index (χ2n) is 3.36. The molecule has 1 atom stereocenters. The molecule has 76 valence electrons. The molecule has 0 bridgehead atoms. The first kappa shape index (κ1) is 11.3. The zero-order chi connectivity index (χ0) is 10.2. The number of thiophene rings is 1.